The highest BCUT2D eigenvalue weighted by Gasteiger charge is 2.43. The van der Waals surface area contributed by atoms with E-state index in [-0.39, 0.29) is 11.7 Å². The summed E-state index contributed by atoms with van der Waals surface area (Å²) in [7, 11) is 1.59. The molecule has 2 heterocycles. The number of aryl methyl sites for hydroxylation is 1. The van der Waals surface area contributed by atoms with Crippen LogP contribution in [0, 0.1) is 6.92 Å². The van der Waals surface area contributed by atoms with Crippen molar-refractivity contribution >= 4 is 11.6 Å². The fraction of sp³-hybridized carbons (Fsp3) is 0.217. The molecule has 4 aromatic rings. The molecular weight excluding hydrogens is 415 g/mol. The van der Waals surface area contributed by atoms with Gasteiger partial charge in [-0.25, -0.2) is 9.37 Å². The smallest absolute Gasteiger partial charge is 0.293 e. The van der Waals surface area contributed by atoms with E-state index >= 15 is 0 Å². The number of alkyl halides is 1. The predicted molar refractivity (Wildman–Crippen MR) is 113 cm³/mol. The zero-order chi connectivity index (χ0) is 22.2. The number of carbonyl (C=O) groups is 1. The molecule has 162 valence electrons. The standard InChI is InChI=1S/C23H19FN4O4/c1-12-3-4-14(20-27-23(32-28-20)16-10-17(16)24)9-18(12)26-21(29)19-11-25-22(31-19)13-5-7-15(30-2)8-6-13/h3-9,11,16-17H,10H2,1-2H3,(H,26,29)/t16-,17-/m0/s1. The van der Waals surface area contributed by atoms with E-state index in [1.165, 1.54) is 6.20 Å². The molecule has 1 saturated carbocycles. The Balaban J connectivity index is 1.33. The SMILES string of the molecule is COc1ccc(-c2ncc(C(=O)Nc3cc(-c4noc([C@H]5C[C@@H]5F)n4)ccc3C)o2)cc1. The van der Waals surface area contributed by atoms with Gasteiger partial charge in [0.15, 0.2) is 0 Å². The minimum Gasteiger partial charge on any atom is -0.497 e. The van der Waals surface area contributed by atoms with Crippen LogP contribution >= 0.6 is 0 Å². The van der Waals surface area contributed by atoms with Crippen molar-refractivity contribution in [2.24, 2.45) is 0 Å². The number of oxazole rings is 1. The Morgan fingerprint density at radius 3 is 2.66 bits per heavy atom. The lowest BCUT2D eigenvalue weighted by Crippen LogP contribution is -2.12. The fourth-order valence-electron chi connectivity index (χ4n) is 3.25. The van der Waals surface area contributed by atoms with Crippen molar-refractivity contribution in [2.75, 3.05) is 12.4 Å². The minimum absolute atomic E-state index is 0.0742. The van der Waals surface area contributed by atoms with Crippen molar-refractivity contribution < 1.29 is 22.9 Å². The van der Waals surface area contributed by atoms with Crippen LogP contribution in [0.15, 0.2) is 57.6 Å². The molecule has 1 aliphatic carbocycles. The zero-order valence-corrected chi connectivity index (χ0v) is 17.3. The van der Waals surface area contributed by atoms with Crippen molar-refractivity contribution in [3.8, 4) is 28.6 Å². The monoisotopic (exact) mass is 434 g/mol. The molecule has 1 aliphatic rings. The van der Waals surface area contributed by atoms with E-state index in [9.17, 15) is 9.18 Å². The third-order valence-electron chi connectivity index (χ3n) is 5.28. The molecular formula is C23H19FN4O4. The first-order valence-electron chi connectivity index (χ1n) is 10.0. The number of halogens is 1. The third-order valence-corrected chi connectivity index (χ3v) is 5.28. The highest BCUT2D eigenvalue weighted by molar-refractivity contribution is 6.03. The highest BCUT2D eigenvalue weighted by Crippen LogP contribution is 2.43. The number of methoxy groups -OCH3 is 1. The van der Waals surface area contributed by atoms with E-state index in [2.05, 4.69) is 20.4 Å². The van der Waals surface area contributed by atoms with Crippen LogP contribution in [0.3, 0.4) is 0 Å². The van der Waals surface area contributed by atoms with Gasteiger partial charge >= 0.3 is 0 Å². The molecule has 0 unspecified atom stereocenters. The summed E-state index contributed by atoms with van der Waals surface area (Å²) in [5.74, 6) is 1.00. The number of aromatic nitrogens is 3. The summed E-state index contributed by atoms with van der Waals surface area (Å²) >= 11 is 0. The number of hydrogen-bond acceptors (Lipinski definition) is 7. The van der Waals surface area contributed by atoms with Crippen molar-refractivity contribution in [1.82, 2.24) is 15.1 Å². The summed E-state index contributed by atoms with van der Waals surface area (Å²) in [6.07, 6.45) is 0.871. The zero-order valence-electron chi connectivity index (χ0n) is 17.3. The number of benzene rings is 2. The van der Waals surface area contributed by atoms with E-state index in [0.29, 0.717) is 41.0 Å². The Hall–Kier alpha value is -4.01. The van der Waals surface area contributed by atoms with Gasteiger partial charge in [0.05, 0.1) is 19.2 Å². The van der Waals surface area contributed by atoms with Crippen molar-refractivity contribution in [2.45, 2.75) is 25.4 Å². The molecule has 9 heteroatoms. The van der Waals surface area contributed by atoms with Gasteiger partial charge in [0, 0.05) is 16.8 Å². The first-order valence-corrected chi connectivity index (χ1v) is 10.0. The van der Waals surface area contributed by atoms with Crippen LogP contribution in [0.2, 0.25) is 0 Å². The van der Waals surface area contributed by atoms with Crippen molar-refractivity contribution in [3.05, 3.63) is 65.9 Å². The first kappa shape index (κ1) is 19.9. The largest absolute Gasteiger partial charge is 0.497 e. The van der Waals surface area contributed by atoms with Crippen LogP contribution in [-0.4, -0.2) is 34.3 Å². The molecule has 1 fully saturated rings. The molecule has 2 aromatic carbocycles. The van der Waals surface area contributed by atoms with E-state index in [1.54, 1.807) is 37.4 Å². The molecule has 0 bridgehead atoms. The molecule has 1 N–H and O–H groups in total. The maximum absolute atomic E-state index is 13.2. The Morgan fingerprint density at radius 2 is 1.94 bits per heavy atom. The molecule has 32 heavy (non-hydrogen) atoms. The molecule has 0 radical (unpaired) electrons. The van der Waals surface area contributed by atoms with Crippen LogP contribution in [-0.2, 0) is 0 Å². The summed E-state index contributed by atoms with van der Waals surface area (Å²) < 4.78 is 29.2. The maximum Gasteiger partial charge on any atom is 0.293 e. The van der Waals surface area contributed by atoms with E-state index in [1.807, 2.05) is 19.1 Å². The summed E-state index contributed by atoms with van der Waals surface area (Å²) in [6.45, 7) is 1.86. The second-order valence-electron chi connectivity index (χ2n) is 7.56. The number of nitrogens with zero attached hydrogens (tertiary/aromatic N) is 3. The number of nitrogens with one attached hydrogen (secondary N) is 1. The highest BCUT2D eigenvalue weighted by atomic mass is 19.1. The van der Waals surface area contributed by atoms with Crippen LogP contribution in [0.25, 0.3) is 22.8 Å². The van der Waals surface area contributed by atoms with Crippen LogP contribution < -0.4 is 10.1 Å². The second-order valence-corrected chi connectivity index (χ2v) is 7.56. The average molecular weight is 434 g/mol. The van der Waals surface area contributed by atoms with Gasteiger partial charge in [-0.1, -0.05) is 17.3 Å². The van der Waals surface area contributed by atoms with Gasteiger partial charge in [0.1, 0.15) is 11.9 Å². The first-order chi connectivity index (χ1) is 15.5. The fourth-order valence-corrected chi connectivity index (χ4v) is 3.25. The molecule has 8 nitrogen and oxygen atoms in total. The van der Waals surface area contributed by atoms with Gasteiger partial charge in [-0.15, -0.1) is 0 Å². The minimum atomic E-state index is -0.916. The number of amides is 1. The van der Waals surface area contributed by atoms with Crippen LogP contribution in [0.1, 0.15) is 34.3 Å². The molecule has 1 amide bonds. The predicted octanol–water partition coefficient (Wildman–Crippen LogP) is 4.79. The number of ether oxygens (including phenoxy) is 1. The van der Waals surface area contributed by atoms with E-state index in [4.69, 9.17) is 13.7 Å². The lowest BCUT2D eigenvalue weighted by atomic mass is 10.1. The maximum atomic E-state index is 13.2. The number of carbonyl (C=O) groups excluding carboxylic acids is 1. The Morgan fingerprint density at radius 1 is 1.19 bits per heavy atom. The average Bonchev–Trinajstić information content (AvgIpc) is 3.21. The summed E-state index contributed by atoms with van der Waals surface area (Å²) in [5.41, 5.74) is 2.78. The second kappa shape index (κ2) is 7.92. The summed E-state index contributed by atoms with van der Waals surface area (Å²) in [6, 6.07) is 12.6. The summed E-state index contributed by atoms with van der Waals surface area (Å²) in [5, 5.41) is 6.77. The van der Waals surface area contributed by atoms with E-state index in [0.717, 1.165) is 11.1 Å². The third kappa shape index (κ3) is 3.84. The Bertz CT molecular complexity index is 1280. The number of rotatable bonds is 6. The number of anilines is 1. The van der Waals surface area contributed by atoms with Gasteiger partial charge in [0.25, 0.3) is 5.91 Å². The molecule has 2 aromatic heterocycles. The van der Waals surface area contributed by atoms with Gasteiger partial charge in [-0.3, -0.25) is 4.79 Å². The molecule has 0 saturated heterocycles. The van der Waals surface area contributed by atoms with Crippen molar-refractivity contribution in [1.29, 1.82) is 0 Å². The number of hydrogen-bond donors (Lipinski definition) is 1. The van der Waals surface area contributed by atoms with Gasteiger partial charge < -0.3 is 19.0 Å². The molecule has 2 atom stereocenters. The van der Waals surface area contributed by atoms with Gasteiger partial charge in [-0.2, -0.15) is 4.98 Å². The van der Waals surface area contributed by atoms with Crippen molar-refractivity contribution in [3.63, 3.8) is 0 Å². The molecule has 0 spiro atoms. The quantitative estimate of drug-likeness (QED) is 0.465. The van der Waals surface area contributed by atoms with Gasteiger partial charge in [0.2, 0.25) is 23.4 Å². The lowest BCUT2D eigenvalue weighted by molar-refractivity contribution is 0.0997. The van der Waals surface area contributed by atoms with Crippen LogP contribution in [0.5, 0.6) is 5.75 Å². The topological polar surface area (TPSA) is 103 Å². The van der Waals surface area contributed by atoms with Crippen LogP contribution in [0.4, 0.5) is 10.1 Å². The van der Waals surface area contributed by atoms with Gasteiger partial charge in [-0.05, 0) is 49.2 Å². The Labute approximate surface area is 182 Å². The normalized spacial score (nSPS) is 17.2. The Kier molecular flexibility index (Phi) is 4.93. The summed E-state index contributed by atoms with van der Waals surface area (Å²) in [4.78, 5) is 21.2. The molecule has 0 aliphatic heterocycles. The lowest BCUT2D eigenvalue weighted by Gasteiger charge is -2.08. The van der Waals surface area contributed by atoms with E-state index < -0.39 is 12.1 Å². The molecule has 5 rings (SSSR count).